The molecule has 218 valence electrons. The van der Waals surface area contributed by atoms with Crippen molar-refractivity contribution in [1.82, 2.24) is 4.90 Å². The maximum absolute atomic E-state index is 13.5. The van der Waals surface area contributed by atoms with E-state index in [9.17, 15) is 35.9 Å². The lowest BCUT2D eigenvalue weighted by Gasteiger charge is -2.34. The van der Waals surface area contributed by atoms with Crippen molar-refractivity contribution in [2.24, 2.45) is 0 Å². The molecule has 0 radical (unpaired) electrons. The normalized spacial score (nSPS) is 17.4. The van der Waals surface area contributed by atoms with Gasteiger partial charge in [-0.2, -0.15) is 26.3 Å². The molecule has 2 aliphatic rings. The Balaban J connectivity index is 1.84. The number of anilines is 1. The number of halogens is 6. The van der Waals surface area contributed by atoms with Crippen molar-refractivity contribution in [2.45, 2.75) is 90.8 Å². The van der Waals surface area contributed by atoms with Gasteiger partial charge in [-0.3, -0.25) is 9.69 Å². The third kappa shape index (κ3) is 6.07. The zero-order chi connectivity index (χ0) is 29.6. The van der Waals surface area contributed by atoms with E-state index in [1.54, 1.807) is 18.7 Å². The topological polar surface area (TPSA) is 49.9 Å². The molecule has 40 heavy (non-hydrogen) atoms. The fourth-order valence-corrected chi connectivity index (χ4v) is 5.81. The highest BCUT2D eigenvalue weighted by Crippen LogP contribution is 2.45. The molecular formula is C29H32F6N2O3. The van der Waals surface area contributed by atoms with E-state index in [0.29, 0.717) is 49.2 Å². The van der Waals surface area contributed by atoms with Gasteiger partial charge in [-0.15, -0.1) is 0 Å². The van der Waals surface area contributed by atoms with Gasteiger partial charge in [-0.1, -0.05) is 6.07 Å². The van der Waals surface area contributed by atoms with Crippen molar-refractivity contribution < 1.29 is 40.7 Å². The Morgan fingerprint density at radius 3 is 2.12 bits per heavy atom. The number of amides is 2. The lowest BCUT2D eigenvalue weighted by molar-refractivity contribution is -0.143. The number of fused-ring (bicyclic) bond motifs is 3. The van der Waals surface area contributed by atoms with Gasteiger partial charge < -0.3 is 9.64 Å². The van der Waals surface area contributed by atoms with Gasteiger partial charge in [0.1, 0.15) is 0 Å². The highest BCUT2D eigenvalue weighted by atomic mass is 19.4. The van der Waals surface area contributed by atoms with Crippen LogP contribution < -0.4 is 4.90 Å². The first-order valence-corrected chi connectivity index (χ1v) is 13.3. The molecule has 0 aromatic heterocycles. The molecule has 2 aromatic rings. The van der Waals surface area contributed by atoms with Gasteiger partial charge in [0.15, 0.2) is 0 Å². The van der Waals surface area contributed by atoms with E-state index in [0.717, 1.165) is 29.5 Å². The summed E-state index contributed by atoms with van der Waals surface area (Å²) in [4.78, 5) is 29.1. The van der Waals surface area contributed by atoms with Gasteiger partial charge >= 0.3 is 18.4 Å². The minimum Gasteiger partial charge on any atom is -0.446 e. The van der Waals surface area contributed by atoms with E-state index in [1.165, 1.54) is 11.8 Å². The van der Waals surface area contributed by atoms with E-state index in [-0.39, 0.29) is 17.7 Å². The van der Waals surface area contributed by atoms with Gasteiger partial charge in [0.2, 0.25) is 5.91 Å². The van der Waals surface area contributed by atoms with Crippen LogP contribution in [0.2, 0.25) is 0 Å². The van der Waals surface area contributed by atoms with E-state index in [2.05, 4.69) is 0 Å². The Morgan fingerprint density at radius 1 is 0.975 bits per heavy atom. The molecule has 0 bridgehead atoms. The van der Waals surface area contributed by atoms with Crippen molar-refractivity contribution in [3.05, 3.63) is 63.2 Å². The Kier molecular flexibility index (Phi) is 8.15. The van der Waals surface area contributed by atoms with E-state index < -0.39 is 48.1 Å². The quantitative estimate of drug-likeness (QED) is 0.353. The third-order valence-electron chi connectivity index (χ3n) is 7.45. The second-order valence-electron chi connectivity index (χ2n) is 10.7. The van der Waals surface area contributed by atoms with E-state index in [1.807, 2.05) is 13.0 Å². The average Bonchev–Trinajstić information content (AvgIpc) is 3.25. The second-order valence-corrected chi connectivity index (χ2v) is 10.7. The molecule has 2 amide bonds. The first-order valence-electron chi connectivity index (χ1n) is 13.3. The van der Waals surface area contributed by atoms with E-state index >= 15 is 0 Å². The summed E-state index contributed by atoms with van der Waals surface area (Å²) >= 11 is 0. The number of rotatable bonds is 4. The maximum atomic E-state index is 13.5. The predicted octanol–water partition coefficient (Wildman–Crippen LogP) is 7.76. The van der Waals surface area contributed by atoms with Gasteiger partial charge in [0.25, 0.3) is 0 Å². The molecule has 1 atom stereocenters. The van der Waals surface area contributed by atoms with Gasteiger partial charge in [-0.25, -0.2) is 4.79 Å². The molecular weight excluding hydrogens is 538 g/mol. The summed E-state index contributed by atoms with van der Waals surface area (Å²) in [5, 5.41) is 0. The smallest absolute Gasteiger partial charge is 0.416 e. The van der Waals surface area contributed by atoms with Crippen molar-refractivity contribution in [1.29, 1.82) is 0 Å². The number of hydrogen-bond acceptors (Lipinski definition) is 3. The fourth-order valence-electron chi connectivity index (χ4n) is 5.81. The first-order chi connectivity index (χ1) is 18.6. The molecule has 4 rings (SSSR count). The molecule has 1 aliphatic heterocycles. The molecule has 0 saturated heterocycles. The lowest BCUT2D eigenvalue weighted by atomic mass is 9.91. The van der Waals surface area contributed by atoms with Crippen LogP contribution in [0.3, 0.4) is 0 Å². The van der Waals surface area contributed by atoms with Crippen LogP contribution in [0, 0.1) is 6.92 Å². The molecule has 0 saturated carbocycles. The zero-order valence-corrected chi connectivity index (χ0v) is 22.8. The van der Waals surface area contributed by atoms with Crippen LogP contribution in [-0.2, 0) is 41.3 Å². The summed E-state index contributed by atoms with van der Waals surface area (Å²) in [5.41, 5.74) is 1.20. The van der Waals surface area contributed by atoms with Crippen LogP contribution in [0.4, 0.5) is 36.8 Å². The summed E-state index contributed by atoms with van der Waals surface area (Å²) < 4.78 is 86.6. The lowest BCUT2D eigenvalue weighted by Crippen LogP contribution is -2.35. The highest BCUT2D eigenvalue weighted by molar-refractivity contribution is 5.91. The largest absolute Gasteiger partial charge is 0.446 e. The number of nitrogens with zero attached hydrogens (tertiary/aromatic N) is 2. The first kappa shape index (κ1) is 29.7. The number of benzene rings is 2. The van der Waals surface area contributed by atoms with Crippen LogP contribution in [0.5, 0.6) is 0 Å². The van der Waals surface area contributed by atoms with Crippen molar-refractivity contribution in [2.75, 3.05) is 11.4 Å². The Labute approximate surface area is 229 Å². The zero-order valence-electron chi connectivity index (χ0n) is 22.8. The molecule has 0 fully saturated rings. The van der Waals surface area contributed by atoms with Gasteiger partial charge in [0, 0.05) is 20.0 Å². The van der Waals surface area contributed by atoms with Crippen molar-refractivity contribution in [3.63, 3.8) is 0 Å². The molecule has 2 aromatic carbocycles. The summed E-state index contributed by atoms with van der Waals surface area (Å²) in [5.74, 6) is -0.502. The number of aryl methyl sites for hydroxylation is 1. The minimum atomic E-state index is -5.00. The third-order valence-corrected chi connectivity index (χ3v) is 7.45. The maximum Gasteiger partial charge on any atom is 0.416 e. The number of carbonyl (C=O) groups is 2. The minimum absolute atomic E-state index is 0.0768. The summed E-state index contributed by atoms with van der Waals surface area (Å²) in [7, 11) is 0. The van der Waals surface area contributed by atoms with Crippen LogP contribution in [-0.4, -0.2) is 29.5 Å². The number of hydrogen-bond donors (Lipinski definition) is 0. The predicted molar refractivity (Wildman–Crippen MR) is 137 cm³/mol. The monoisotopic (exact) mass is 570 g/mol. The van der Waals surface area contributed by atoms with Crippen LogP contribution in [0.1, 0.15) is 85.0 Å². The molecule has 1 aliphatic carbocycles. The molecule has 1 heterocycles. The van der Waals surface area contributed by atoms with Crippen LogP contribution in [0.25, 0.3) is 0 Å². The van der Waals surface area contributed by atoms with Crippen LogP contribution >= 0.6 is 0 Å². The molecule has 0 spiro atoms. The van der Waals surface area contributed by atoms with Crippen LogP contribution in [0.15, 0.2) is 24.3 Å². The Morgan fingerprint density at radius 2 is 1.57 bits per heavy atom. The number of ether oxygens (including phenoxy) is 1. The Hall–Kier alpha value is -3.24. The fraction of sp³-hybridized carbons (Fsp3) is 0.517. The highest BCUT2D eigenvalue weighted by Gasteiger charge is 2.39. The summed E-state index contributed by atoms with van der Waals surface area (Å²) in [6.07, 6.45) is -7.68. The molecule has 11 heteroatoms. The van der Waals surface area contributed by atoms with Gasteiger partial charge in [-0.05, 0) is 98.9 Å². The summed E-state index contributed by atoms with van der Waals surface area (Å²) in [6, 6.07) is 2.62. The Bertz CT molecular complexity index is 1270. The number of carbonyl (C=O) groups excluding carboxylic acids is 2. The average molecular weight is 571 g/mol. The standard InChI is InChI=1S/C29H32F6N2O3/c1-16(2)40-27(39)36-10-6-9-25(24-11-17(3)22-7-5-8-23(22)26(24)36)37(18(4)38)15-19-12-20(28(30,31)32)14-21(13-19)29(33,34)35/h11-14,16,25H,5-10,15H2,1-4H3. The van der Waals surface area contributed by atoms with Crippen molar-refractivity contribution in [3.8, 4) is 0 Å². The summed E-state index contributed by atoms with van der Waals surface area (Å²) in [6.45, 7) is 6.50. The SMILES string of the molecule is CC(=O)N(Cc1cc(C(F)(F)F)cc(C(F)(F)F)c1)C1CCCN(C(=O)OC(C)C)c2c1cc(C)c1c2CCC1. The van der Waals surface area contributed by atoms with Crippen molar-refractivity contribution >= 4 is 17.7 Å². The molecule has 5 nitrogen and oxygen atoms in total. The molecule has 0 N–H and O–H groups in total. The molecule has 1 unspecified atom stereocenters. The van der Waals surface area contributed by atoms with E-state index in [4.69, 9.17) is 4.74 Å². The second kappa shape index (κ2) is 11.0. The number of alkyl halides is 6. The van der Waals surface area contributed by atoms with Gasteiger partial charge in [0.05, 0.1) is 29.0 Å².